The summed E-state index contributed by atoms with van der Waals surface area (Å²) in [5.74, 6) is 4.70. The zero-order chi connectivity index (χ0) is 48.6. The normalized spacial score (nSPS) is 12.1. The Hall–Kier alpha value is -5.77. The van der Waals surface area contributed by atoms with Gasteiger partial charge in [-0.05, 0) is 145 Å². The van der Waals surface area contributed by atoms with Gasteiger partial charge in [0, 0.05) is 16.2 Å². The molecule has 0 saturated carbocycles. The highest BCUT2D eigenvalue weighted by molar-refractivity contribution is 7.48. The zero-order valence-electron chi connectivity index (χ0n) is 41.3. The second kappa shape index (κ2) is 24.0. The average molecular weight is 945 g/mol. The van der Waals surface area contributed by atoms with Gasteiger partial charge in [-0.2, -0.15) is 0 Å². The molecule has 0 bridgehead atoms. The molecule has 6 rings (SSSR count). The summed E-state index contributed by atoms with van der Waals surface area (Å²) in [6, 6.07) is 48.9. The maximum Gasteiger partial charge on any atom is 0.474 e. The first kappa shape index (κ1) is 51.6. The molecule has 6 aromatic carbocycles. The molecule has 362 valence electrons. The van der Waals surface area contributed by atoms with E-state index in [0.29, 0.717) is 38.5 Å². The van der Waals surface area contributed by atoms with Crippen LogP contribution in [0, 0.1) is 0 Å². The molecule has 0 aliphatic rings. The summed E-state index contributed by atoms with van der Waals surface area (Å²) in [6.07, 6.45) is 3.79. The van der Waals surface area contributed by atoms with E-state index in [4.69, 9.17) is 42.0 Å². The van der Waals surface area contributed by atoms with E-state index in [1.807, 2.05) is 72.8 Å². The number of methoxy groups -OCH3 is 6. The fourth-order valence-corrected chi connectivity index (χ4v) is 10.3. The van der Waals surface area contributed by atoms with Gasteiger partial charge in [0.05, 0.1) is 62.5 Å². The summed E-state index contributed by atoms with van der Waals surface area (Å²) in [4.78, 5) is 0. The van der Waals surface area contributed by atoms with Crippen LogP contribution in [0.3, 0.4) is 0 Å². The first-order chi connectivity index (χ1) is 32.8. The highest BCUT2D eigenvalue weighted by atomic mass is 31.2. The summed E-state index contributed by atoms with van der Waals surface area (Å²) in [5, 5.41) is 0. The summed E-state index contributed by atoms with van der Waals surface area (Å²) >= 11 is 0. The summed E-state index contributed by atoms with van der Waals surface area (Å²) in [7, 11) is 5.93. The van der Waals surface area contributed by atoms with Crippen LogP contribution in [0.2, 0.25) is 0 Å². The van der Waals surface area contributed by atoms with E-state index in [1.165, 1.54) is 0 Å². The van der Waals surface area contributed by atoms with E-state index in [1.54, 1.807) is 42.7 Å². The third-order valence-corrected chi connectivity index (χ3v) is 15.1. The minimum Gasteiger partial charge on any atom is -0.497 e. The Bertz CT molecular complexity index is 2050. The van der Waals surface area contributed by atoms with Crippen molar-refractivity contribution in [2.75, 3.05) is 62.5 Å². The lowest BCUT2D eigenvalue weighted by molar-refractivity contribution is 0.105. The number of ether oxygens (including phenoxy) is 6. The van der Waals surface area contributed by atoms with Crippen LogP contribution in [0.4, 0.5) is 0 Å². The van der Waals surface area contributed by atoms with Crippen molar-refractivity contribution in [2.24, 2.45) is 0 Å². The molecule has 0 aromatic heterocycles. The zero-order valence-corrected chi connectivity index (χ0v) is 42.1. The maximum atomic E-state index is 14.9. The van der Waals surface area contributed by atoms with E-state index < -0.39 is 24.1 Å². The Morgan fingerprint density at radius 1 is 0.309 bits per heavy atom. The summed E-state index contributed by atoms with van der Waals surface area (Å²) < 4.78 is 66.6. The molecule has 0 saturated heterocycles. The van der Waals surface area contributed by atoms with Gasteiger partial charge < -0.3 is 28.4 Å². The van der Waals surface area contributed by atoms with Crippen LogP contribution in [0.25, 0.3) is 0 Å². The van der Waals surface area contributed by atoms with Crippen LogP contribution < -0.4 is 28.4 Å². The van der Waals surface area contributed by atoms with E-state index in [-0.39, 0.29) is 19.8 Å². The number of phosphoric ester groups is 1. The van der Waals surface area contributed by atoms with Crippen molar-refractivity contribution < 1.29 is 46.6 Å². The smallest absolute Gasteiger partial charge is 0.474 e. The largest absolute Gasteiger partial charge is 0.497 e. The second-order valence-corrected chi connectivity index (χ2v) is 19.3. The Morgan fingerprint density at radius 2 is 0.471 bits per heavy atom. The minimum absolute atomic E-state index is 0.157. The molecule has 0 amide bonds. The molecular formula is C57H69O10P. The standard InChI is InChI=1S/C57H69O10P/c1-55(43-13-25-49(59-4)26-14-43,44-15-27-50(60-5)28-16-44)37-10-40-65-68(58,66-41-11-38-56(2,45-17-29-51(61-6)30-18-45)46-19-31-52(62-7)32-20-46)67-42-12-39-57(3,47-21-33-53(63-8)34-22-47)48-23-35-54(64-9)36-24-48/h13-36H,10-12,37-42H2,1-9H3. The molecule has 11 heteroatoms. The van der Waals surface area contributed by atoms with E-state index in [2.05, 4.69) is 93.6 Å². The van der Waals surface area contributed by atoms with Gasteiger partial charge in [0.25, 0.3) is 0 Å². The average Bonchev–Trinajstić information content (AvgIpc) is 3.40. The van der Waals surface area contributed by atoms with Gasteiger partial charge in [0.1, 0.15) is 34.5 Å². The number of rotatable bonds is 27. The van der Waals surface area contributed by atoms with Gasteiger partial charge >= 0.3 is 7.82 Å². The van der Waals surface area contributed by atoms with Crippen molar-refractivity contribution in [1.82, 2.24) is 0 Å². The summed E-state index contributed by atoms with van der Waals surface area (Å²) in [6.45, 7) is 7.12. The van der Waals surface area contributed by atoms with Crippen molar-refractivity contribution in [3.8, 4) is 34.5 Å². The fourth-order valence-electron chi connectivity index (χ4n) is 9.04. The number of hydrogen-bond donors (Lipinski definition) is 0. The third-order valence-electron chi connectivity index (χ3n) is 13.6. The van der Waals surface area contributed by atoms with E-state index in [9.17, 15) is 4.57 Å². The van der Waals surface area contributed by atoms with Gasteiger partial charge in [-0.1, -0.05) is 93.6 Å². The quantitative estimate of drug-likeness (QED) is 0.0366. The molecule has 0 aliphatic heterocycles. The van der Waals surface area contributed by atoms with Crippen LogP contribution in [0.15, 0.2) is 146 Å². The Kier molecular flexibility index (Phi) is 18.2. The van der Waals surface area contributed by atoms with Crippen molar-refractivity contribution in [3.63, 3.8) is 0 Å². The van der Waals surface area contributed by atoms with Crippen LogP contribution in [0.1, 0.15) is 92.7 Å². The highest BCUT2D eigenvalue weighted by Gasteiger charge is 2.34. The maximum absolute atomic E-state index is 14.9. The molecule has 0 N–H and O–H groups in total. The van der Waals surface area contributed by atoms with Gasteiger partial charge in [0.15, 0.2) is 0 Å². The first-order valence-corrected chi connectivity index (χ1v) is 24.7. The Labute approximate surface area is 404 Å². The lowest BCUT2D eigenvalue weighted by atomic mass is 9.73. The topological polar surface area (TPSA) is 100 Å². The summed E-state index contributed by atoms with van der Waals surface area (Å²) in [5.41, 5.74) is 5.48. The third kappa shape index (κ3) is 12.7. The van der Waals surface area contributed by atoms with Gasteiger partial charge in [0.2, 0.25) is 0 Å². The second-order valence-electron chi connectivity index (χ2n) is 17.6. The lowest BCUT2D eigenvalue weighted by Crippen LogP contribution is -2.25. The molecule has 6 aromatic rings. The highest BCUT2D eigenvalue weighted by Crippen LogP contribution is 2.51. The molecule has 0 radical (unpaired) electrons. The Morgan fingerprint density at radius 3 is 0.618 bits per heavy atom. The van der Waals surface area contributed by atoms with Gasteiger partial charge in [-0.3, -0.25) is 13.6 Å². The SMILES string of the molecule is COc1ccc(C(C)(CCCOP(=O)(OCCCC(C)(c2ccc(OC)cc2)c2ccc(OC)cc2)OCCCC(C)(c2ccc(OC)cc2)c2ccc(OC)cc2)c2ccc(OC)cc2)cc1. The molecule has 0 atom stereocenters. The number of phosphoric acid groups is 1. The van der Waals surface area contributed by atoms with Crippen molar-refractivity contribution in [3.05, 3.63) is 179 Å². The molecule has 0 unspecified atom stereocenters. The number of benzene rings is 6. The molecule has 68 heavy (non-hydrogen) atoms. The molecule has 0 aliphatic carbocycles. The predicted octanol–water partition coefficient (Wildman–Crippen LogP) is 13.6. The first-order valence-electron chi connectivity index (χ1n) is 23.3. The van der Waals surface area contributed by atoms with E-state index >= 15 is 0 Å². The fraction of sp³-hybridized carbons (Fsp3) is 0.368. The lowest BCUT2D eigenvalue weighted by Gasteiger charge is -2.32. The molecular weight excluding hydrogens is 876 g/mol. The molecule has 10 nitrogen and oxygen atoms in total. The van der Waals surface area contributed by atoms with Gasteiger partial charge in [-0.15, -0.1) is 0 Å². The van der Waals surface area contributed by atoms with Gasteiger partial charge in [-0.25, -0.2) is 4.57 Å². The molecule has 0 spiro atoms. The molecule has 0 heterocycles. The number of hydrogen-bond acceptors (Lipinski definition) is 10. The van der Waals surface area contributed by atoms with Crippen molar-refractivity contribution in [2.45, 2.75) is 75.5 Å². The van der Waals surface area contributed by atoms with Crippen LogP contribution >= 0.6 is 7.82 Å². The predicted molar refractivity (Wildman–Crippen MR) is 270 cm³/mol. The Balaban J connectivity index is 1.21. The minimum atomic E-state index is -4.06. The van der Waals surface area contributed by atoms with Crippen LogP contribution in [-0.4, -0.2) is 62.5 Å². The van der Waals surface area contributed by atoms with Crippen LogP contribution in [-0.2, 0) is 34.4 Å². The monoisotopic (exact) mass is 944 g/mol. The van der Waals surface area contributed by atoms with Crippen LogP contribution in [0.5, 0.6) is 34.5 Å². The van der Waals surface area contributed by atoms with E-state index in [0.717, 1.165) is 67.9 Å². The van der Waals surface area contributed by atoms with Crippen molar-refractivity contribution >= 4 is 7.82 Å². The molecule has 0 fully saturated rings. The van der Waals surface area contributed by atoms with Crippen molar-refractivity contribution in [1.29, 1.82) is 0 Å².